The summed E-state index contributed by atoms with van der Waals surface area (Å²) < 4.78 is 0. The normalized spacial score (nSPS) is 22.8. The van der Waals surface area contributed by atoms with Gasteiger partial charge in [-0.3, -0.25) is 4.79 Å². The van der Waals surface area contributed by atoms with Crippen molar-refractivity contribution in [3.8, 4) is 0 Å². The molecule has 0 bridgehead atoms. The molecule has 1 aromatic rings. The van der Waals surface area contributed by atoms with Crippen LogP contribution in [0, 0.1) is 5.92 Å². The average Bonchev–Trinajstić information content (AvgIpc) is 2.76. The molecular formula is C14H21N3O. The summed E-state index contributed by atoms with van der Waals surface area (Å²) in [6.07, 6.45) is 0.914. The van der Waals surface area contributed by atoms with Crippen LogP contribution in [0.25, 0.3) is 0 Å². The molecule has 2 unspecified atom stereocenters. The van der Waals surface area contributed by atoms with E-state index in [-0.39, 0.29) is 17.9 Å². The number of hydrogen-bond acceptors (Lipinski definition) is 3. The van der Waals surface area contributed by atoms with Gasteiger partial charge in [0.2, 0.25) is 5.91 Å². The Balaban J connectivity index is 2.11. The van der Waals surface area contributed by atoms with Gasteiger partial charge in [0.25, 0.3) is 0 Å². The first kappa shape index (κ1) is 12.9. The largest absolute Gasteiger partial charge is 0.376 e. The quantitative estimate of drug-likeness (QED) is 0.854. The molecule has 18 heavy (non-hydrogen) atoms. The Morgan fingerprint density at radius 2 is 2.11 bits per heavy atom. The predicted octanol–water partition coefficient (Wildman–Crippen LogP) is 1.69. The van der Waals surface area contributed by atoms with Crippen LogP contribution in [0.2, 0.25) is 0 Å². The molecule has 0 aromatic heterocycles. The second-order valence-electron chi connectivity index (χ2n) is 5.04. The van der Waals surface area contributed by atoms with Crippen molar-refractivity contribution < 1.29 is 4.79 Å². The first-order valence-electron chi connectivity index (χ1n) is 6.40. The molecule has 0 spiro atoms. The summed E-state index contributed by atoms with van der Waals surface area (Å²) >= 11 is 0. The molecule has 1 aliphatic heterocycles. The van der Waals surface area contributed by atoms with E-state index in [1.54, 1.807) is 0 Å². The van der Waals surface area contributed by atoms with Crippen molar-refractivity contribution >= 4 is 17.3 Å². The highest BCUT2D eigenvalue weighted by molar-refractivity contribution is 5.96. The molecule has 1 aromatic carbocycles. The minimum absolute atomic E-state index is 0.0696. The lowest BCUT2D eigenvalue weighted by molar-refractivity contribution is -0.119. The number of hydrogen-bond donors (Lipinski definition) is 2. The molecule has 0 radical (unpaired) electrons. The number of anilines is 2. The summed E-state index contributed by atoms with van der Waals surface area (Å²) in [5, 5.41) is 6.35. The molecule has 1 heterocycles. The van der Waals surface area contributed by atoms with E-state index < -0.39 is 0 Å². The van der Waals surface area contributed by atoms with Crippen molar-refractivity contribution in [1.82, 2.24) is 5.32 Å². The zero-order chi connectivity index (χ0) is 13.1. The van der Waals surface area contributed by atoms with E-state index in [9.17, 15) is 4.79 Å². The molecule has 4 nitrogen and oxygen atoms in total. The molecule has 1 aliphatic rings. The minimum atomic E-state index is 0.0696. The lowest BCUT2D eigenvalue weighted by atomic mass is 10.0. The maximum Gasteiger partial charge on any atom is 0.229 e. The number of carbonyl (C=O) groups excluding carboxylic acids is 1. The summed E-state index contributed by atoms with van der Waals surface area (Å²) in [7, 11) is 3.95. The van der Waals surface area contributed by atoms with Crippen LogP contribution >= 0.6 is 0 Å². The van der Waals surface area contributed by atoms with E-state index in [0.29, 0.717) is 0 Å². The average molecular weight is 247 g/mol. The van der Waals surface area contributed by atoms with E-state index in [1.165, 1.54) is 0 Å². The van der Waals surface area contributed by atoms with Gasteiger partial charge >= 0.3 is 0 Å². The summed E-state index contributed by atoms with van der Waals surface area (Å²) in [5.41, 5.74) is 1.91. The Morgan fingerprint density at radius 3 is 2.72 bits per heavy atom. The number of para-hydroxylation sites is 2. The zero-order valence-corrected chi connectivity index (χ0v) is 11.2. The topological polar surface area (TPSA) is 44.4 Å². The van der Waals surface area contributed by atoms with E-state index in [4.69, 9.17) is 0 Å². The van der Waals surface area contributed by atoms with Gasteiger partial charge in [0.15, 0.2) is 0 Å². The fourth-order valence-electron chi connectivity index (χ4n) is 2.41. The summed E-state index contributed by atoms with van der Waals surface area (Å²) in [6, 6.07) is 8.13. The molecule has 2 atom stereocenters. The molecule has 2 N–H and O–H groups in total. The third kappa shape index (κ3) is 2.64. The van der Waals surface area contributed by atoms with E-state index in [1.807, 2.05) is 43.3 Å². The van der Waals surface area contributed by atoms with Crippen LogP contribution in [0.3, 0.4) is 0 Å². The summed E-state index contributed by atoms with van der Waals surface area (Å²) in [4.78, 5) is 14.2. The molecule has 4 heteroatoms. The van der Waals surface area contributed by atoms with Crippen LogP contribution in [0.5, 0.6) is 0 Å². The highest BCUT2D eigenvalue weighted by Crippen LogP contribution is 2.25. The number of benzene rings is 1. The number of rotatable bonds is 3. The van der Waals surface area contributed by atoms with E-state index in [0.717, 1.165) is 24.3 Å². The first-order valence-corrected chi connectivity index (χ1v) is 6.40. The standard InChI is InChI=1S/C14H21N3O/c1-10-11(8-9-15-10)14(18)16-12-6-4-5-7-13(12)17(2)3/h4-7,10-11,15H,8-9H2,1-3H3,(H,16,18). The number of nitrogens with zero attached hydrogens (tertiary/aromatic N) is 1. The number of nitrogens with one attached hydrogen (secondary N) is 2. The molecule has 98 valence electrons. The maximum absolute atomic E-state index is 12.2. The smallest absolute Gasteiger partial charge is 0.229 e. The van der Waals surface area contributed by atoms with Gasteiger partial charge in [-0.2, -0.15) is 0 Å². The Hall–Kier alpha value is -1.55. The van der Waals surface area contributed by atoms with Gasteiger partial charge < -0.3 is 15.5 Å². The van der Waals surface area contributed by atoms with Crippen LogP contribution in [-0.2, 0) is 4.79 Å². The number of amides is 1. The van der Waals surface area contributed by atoms with Gasteiger partial charge in [0.05, 0.1) is 17.3 Å². The SMILES string of the molecule is CC1NCCC1C(=O)Nc1ccccc1N(C)C. The van der Waals surface area contributed by atoms with Crippen LogP contribution in [0.4, 0.5) is 11.4 Å². The van der Waals surface area contributed by atoms with Crippen molar-refractivity contribution in [2.75, 3.05) is 30.9 Å². The first-order chi connectivity index (χ1) is 8.59. The Bertz CT molecular complexity index is 431. The molecule has 0 saturated carbocycles. The third-order valence-corrected chi connectivity index (χ3v) is 3.51. The monoisotopic (exact) mass is 247 g/mol. The minimum Gasteiger partial charge on any atom is -0.376 e. The van der Waals surface area contributed by atoms with Crippen LogP contribution < -0.4 is 15.5 Å². The zero-order valence-electron chi connectivity index (χ0n) is 11.2. The predicted molar refractivity (Wildman–Crippen MR) is 75.0 cm³/mol. The van der Waals surface area contributed by atoms with Crippen molar-refractivity contribution in [2.45, 2.75) is 19.4 Å². The maximum atomic E-state index is 12.2. The Labute approximate surface area is 108 Å². The highest BCUT2D eigenvalue weighted by atomic mass is 16.2. The van der Waals surface area contributed by atoms with Crippen LogP contribution in [0.1, 0.15) is 13.3 Å². The lowest BCUT2D eigenvalue weighted by Crippen LogP contribution is -2.32. The van der Waals surface area contributed by atoms with Crippen LogP contribution in [-0.4, -0.2) is 32.6 Å². The van der Waals surface area contributed by atoms with Crippen molar-refractivity contribution in [1.29, 1.82) is 0 Å². The van der Waals surface area contributed by atoms with Gasteiger partial charge in [-0.05, 0) is 32.0 Å². The van der Waals surface area contributed by atoms with Gasteiger partial charge in [-0.25, -0.2) is 0 Å². The molecule has 1 fully saturated rings. The third-order valence-electron chi connectivity index (χ3n) is 3.51. The summed E-state index contributed by atoms with van der Waals surface area (Å²) in [5.74, 6) is 0.182. The van der Waals surface area contributed by atoms with Gasteiger partial charge in [0.1, 0.15) is 0 Å². The fourth-order valence-corrected chi connectivity index (χ4v) is 2.41. The highest BCUT2D eigenvalue weighted by Gasteiger charge is 2.29. The van der Waals surface area contributed by atoms with E-state index in [2.05, 4.69) is 17.6 Å². The van der Waals surface area contributed by atoms with Crippen molar-refractivity contribution in [3.63, 3.8) is 0 Å². The lowest BCUT2D eigenvalue weighted by Gasteiger charge is -2.20. The molecular weight excluding hydrogens is 226 g/mol. The van der Waals surface area contributed by atoms with Gasteiger partial charge in [-0.15, -0.1) is 0 Å². The second kappa shape index (κ2) is 5.40. The molecule has 2 rings (SSSR count). The van der Waals surface area contributed by atoms with Gasteiger partial charge in [-0.1, -0.05) is 12.1 Å². The summed E-state index contributed by atoms with van der Waals surface area (Å²) in [6.45, 7) is 2.99. The Kier molecular flexibility index (Phi) is 3.87. The number of carbonyl (C=O) groups is 1. The van der Waals surface area contributed by atoms with Crippen molar-refractivity contribution in [2.24, 2.45) is 5.92 Å². The molecule has 1 amide bonds. The fraction of sp³-hybridized carbons (Fsp3) is 0.500. The van der Waals surface area contributed by atoms with E-state index >= 15 is 0 Å². The van der Waals surface area contributed by atoms with Crippen molar-refractivity contribution in [3.05, 3.63) is 24.3 Å². The second-order valence-corrected chi connectivity index (χ2v) is 5.04. The molecule has 0 aliphatic carbocycles. The molecule has 1 saturated heterocycles. The van der Waals surface area contributed by atoms with Gasteiger partial charge in [0, 0.05) is 20.1 Å². The Morgan fingerprint density at radius 1 is 1.39 bits per heavy atom. The van der Waals surface area contributed by atoms with Crippen LogP contribution in [0.15, 0.2) is 24.3 Å².